The van der Waals surface area contributed by atoms with Crippen LogP contribution in [0.25, 0.3) is 0 Å². The maximum absolute atomic E-state index is 13.9. The number of piperidine rings is 2. The average Bonchev–Trinajstić information content (AvgIpc) is 3.04. The third-order valence-electron chi connectivity index (χ3n) is 9.46. The van der Waals surface area contributed by atoms with Gasteiger partial charge in [-0.05, 0) is 54.6 Å². The van der Waals surface area contributed by atoms with Crippen LogP contribution < -0.4 is 15.7 Å². The number of hydrogen-bond donors (Lipinski definition) is 1. The Morgan fingerprint density at radius 3 is 1.83 bits per heavy atom. The van der Waals surface area contributed by atoms with E-state index in [2.05, 4.69) is 117 Å². The summed E-state index contributed by atoms with van der Waals surface area (Å²) in [6.45, 7) is 13.7. The summed E-state index contributed by atoms with van der Waals surface area (Å²) in [4.78, 5) is 15.9. The molecule has 0 radical (unpaired) electrons. The van der Waals surface area contributed by atoms with Gasteiger partial charge in [0.1, 0.15) is 5.60 Å². The van der Waals surface area contributed by atoms with Gasteiger partial charge in [-0.2, -0.15) is 0 Å². The van der Waals surface area contributed by atoms with Gasteiger partial charge in [0, 0.05) is 12.0 Å². The van der Waals surface area contributed by atoms with Crippen LogP contribution in [0.3, 0.4) is 0 Å². The van der Waals surface area contributed by atoms with E-state index in [0.29, 0.717) is 0 Å². The predicted octanol–water partition coefficient (Wildman–Crippen LogP) is 5.62. The van der Waals surface area contributed by atoms with E-state index < -0.39 is 13.9 Å². The number of benzene rings is 3. The highest BCUT2D eigenvalue weighted by atomic mass is 28.4. The molecule has 6 rings (SSSR count). The first-order valence-corrected chi connectivity index (χ1v) is 17.0. The van der Waals surface area contributed by atoms with Crippen LogP contribution in [0.15, 0.2) is 91.0 Å². The van der Waals surface area contributed by atoms with Gasteiger partial charge in [0.25, 0.3) is 8.32 Å². The van der Waals surface area contributed by atoms with Gasteiger partial charge >= 0.3 is 6.09 Å². The number of fused-ring (bicyclic) bond motifs is 2. The number of ether oxygens (including phenoxy) is 1. The maximum Gasteiger partial charge on any atom is 0.410 e. The molecular formula is C35H44N2O3Si. The molecule has 216 valence electrons. The Kier molecular flexibility index (Phi) is 6.95. The second-order valence-electron chi connectivity index (χ2n) is 14.2. The van der Waals surface area contributed by atoms with Crippen LogP contribution in [-0.2, 0) is 14.6 Å². The Morgan fingerprint density at radius 1 is 0.805 bits per heavy atom. The van der Waals surface area contributed by atoms with Crippen molar-refractivity contribution >= 4 is 24.8 Å². The Hall–Kier alpha value is -2.93. The minimum atomic E-state index is -2.85. The fourth-order valence-corrected chi connectivity index (χ4v) is 12.6. The SMILES string of the molecule is CC(C)(C)OC(=O)N1C2CC3(c4ccccc4)CNC2[C@@H](O[Si](c2ccccc2)(c2ccccc2)C(C)(C)C)C1C3. The zero-order valence-corrected chi connectivity index (χ0v) is 26.3. The van der Waals surface area contributed by atoms with E-state index in [1.54, 1.807) is 0 Å². The first kappa shape index (κ1) is 28.2. The van der Waals surface area contributed by atoms with Crippen molar-refractivity contribution in [3.63, 3.8) is 0 Å². The normalized spacial score (nSPS) is 27.6. The highest BCUT2D eigenvalue weighted by Crippen LogP contribution is 2.52. The summed E-state index contributed by atoms with van der Waals surface area (Å²) in [6, 6.07) is 32.4. The highest BCUT2D eigenvalue weighted by molar-refractivity contribution is 6.99. The van der Waals surface area contributed by atoms with Gasteiger partial charge in [-0.1, -0.05) is 112 Å². The quantitative estimate of drug-likeness (QED) is 0.406. The van der Waals surface area contributed by atoms with Crippen LogP contribution >= 0.6 is 0 Å². The van der Waals surface area contributed by atoms with Crippen LogP contribution in [0.5, 0.6) is 0 Å². The van der Waals surface area contributed by atoms with Gasteiger partial charge in [0.2, 0.25) is 0 Å². The van der Waals surface area contributed by atoms with Gasteiger partial charge in [0.15, 0.2) is 0 Å². The van der Waals surface area contributed by atoms with E-state index in [1.807, 2.05) is 25.7 Å². The molecule has 3 aliphatic rings. The molecule has 5 nitrogen and oxygen atoms in total. The van der Waals surface area contributed by atoms with E-state index in [1.165, 1.54) is 15.9 Å². The van der Waals surface area contributed by atoms with Crippen molar-refractivity contribution < 1.29 is 14.0 Å². The molecule has 6 heteroatoms. The molecular weight excluding hydrogens is 524 g/mol. The molecule has 3 saturated heterocycles. The van der Waals surface area contributed by atoms with Crippen molar-refractivity contribution in [3.8, 4) is 0 Å². The fraction of sp³-hybridized carbons (Fsp3) is 0.457. The van der Waals surface area contributed by atoms with Crippen molar-refractivity contribution in [2.24, 2.45) is 0 Å². The molecule has 0 aromatic heterocycles. The Bertz CT molecular complexity index is 1330. The number of hydrogen-bond acceptors (Lipinski definition) is 4. The van der Waals surface area contributed by atoms with Crippen LogP contribution in [0.2, 0.25) is 5.04 Å². The lowest BCUT2D eigenvalue weighted by atomic mass is 9.68. The Balaban J connectivity index is 1.48. The highest BCUT2D eigenvalue weighted by Gasteiger charge is 2.65. The van der Waals surface area contributed by atoms with Crippen LogP contribution in [-0.4, -0.2) is 55.7 Å². The first-order valence-electron chi connectivity index (χ1n) is 15.0. The summed E-state index contributed by atoms with van der Waals surface area (Å²) in [5, 5.41) is 6.30. The summed E-state index contributed by atoms with van der Waals surface area (Å²) in [5.74, 6) is 0. The van der Waals surface area contributed by atoms with E-state index >= 15 is 0 Å². The smallest absolute Gasteiger partial charge is 0.410 e. The topological polar surface area (TPSA) is 50.8 Å². The number of rotatable bonds is 5. The van der Waals surface area contributed by atoms with Gasteiger partial charge in [0.05, 0.1) is 24.2 Å². The summed E-state index contributed by atoms with van der Waals surface area (Å²) in [5.41, 5.74) is 0.733. The molecule has 1 amide bonds. The third-order valence-corrected chi connectivity index (χ3v) is 14.5. The van der Waals surface area contributed by atoms with E-state index in [4.69, 9.17) is 9.16 Å². The van der Waals surface area contributed by atoms with Gasteiger partial charge in [-0.15, -0.1) is 0 Å². The zero-order valence-electron chi connectivity index (χ0n) is 25.3. The van der Waals surface area contributed by atoms with E-state index in [-0.39, 0.29) is 40.8 Å². The molecule has 3 bridgehead atoms. The van der Waals surface area contributed by atoms with Gasteiger partial charge in [-0.3, -0.25) is 4.90 Å². The number of amides is 1. The summed E-state index contributed by atoms with van der Waals surface area (Å²) >= 11 is 0. The average molecular weight is 569 g/mol. The van der Waals surface area contributed by atoms with Crippen LogP contribution in [0, 0.1) is 0 Å². The largest absolute Gasteiger partial charge is 0.444 e. The minimum absolute atomic E-state index is 0.000714. The Labute approximate surface area is 246 Å². The summed E-state index contributed by atoms with van der Waals surface area (Å²) in [6.07, 6.45) is 1.37. The van der Waals surface area contributed by atoms with Crippen molar-refractivity contribution in [1.29, 1.82) is 0 Å². The van der Waals surface area contributed by atoms with Gasteiger partial charge in [-0.25, -0.2) is 4.79 Å². The molecule has 3 aromatic rings. The lowest BCUT2D eigenvalue weighted by Crippen LogP contribution is -2.69. The molecule has 3 aliphatic heterocycles. The van der Waals surface area contributed by atoms with E-state index in [0.717, 1.165) is 19.4 Å². The van der Waals surface area contributed by atoms with Crippen LogP contribution in [0.4, 0.5) is 4.79 Å². The minimum Gasteiger partial charge on any atom is -0.444 e. The van der Waals surface area contributed by atoms with Gasteiger partial charge < -0.3 is 14.5 Å². The molecule has 0 spiro atoms. The molecule has 0 saturated carbocycles. The Morgan fingerprint density at radius 2 is 1.32 bits per heavy atom. The molecule has 5 atom stereocenters. The molecule has 4 unspecified atom stereocenters. The molecule has 1 N–H and O–H groups in total. The first-order chi connectivity index (χ1) is 19.5. The number of carbonyl (C=O) groups excluding carboxylic acids is 1. The van der Waals surface area contributed by atoms with Crippen molar-refractivity contribution in [1.82, 2.24) is 10.2 Å². The van der Waals surface area contributed by atoms with Crippen molar-refractivity contribution in [2.75, 3.05) is 6.54 Å². The molecule has 3 heterocycles. The van der Waals surface area contributed by atoms with Crippen molar-refractivity contribution in [2.45, 2.75) is 94.7 Å². The number of nitrogens with zero attached hydrogens (tertiary/aromatic N) is 1. The lowest BCUT2D eigenvalue weighted by Gasteiger charge is -2.50. The monoisotopic (exact) mass is 568 g/mol. The van der Waals surface area contributed by atoms with Crippen molar-refractivity contribution in [3.05, 3.63) is 96.6 Å². The summed E-state index contributed by atoms with van der Waals surface area (Å²) in [7, 11) is -2.85. The third kappa shape index (κ3) is 4.74. The summed E-state index contributed by atoms with van der Waals surface area (Å²) < 4.78 is 13.8. The molecule has 41 heavy (non-hydrogen) atoms. The standard InChI is InChI=1S/C35H44N2O3Si/c1-33(2,3)39-32(38)37-28-22-35(25-16-10-7-11-17-25)23-29(37)31(30(28)36-24-35)40-41(34(4,5)6,26-18-12-8-13-19-26)27-20-14-9-15-21-27/h7-21,28-31,36H,22-24H2,1-6H3/t28?,29?,30?,31-,35?/m0/s1. The fourth-order valence-electron chi connectivity index (χ4n) is 7.83. The zero-order chi connectivity index (χ0) is 29.0. The predicted molar refractivity (Wildman–Crippen MR) is 167 cm³/mol. The lowest BCUT2D eigenvalue weighted by molar-refractivity contribution is -0.0118. The number of carbonyl (C=O) groups is 1. The number of nitrogens with one attached hydrogen (secondary N) is 1. The molecule has 3 fully saturated rings. The second-order valence-corrected chi connectivity index (χ2v) is 18.5. The van der Waals surface area contributed by atoms with E-state index in [9.17, 15) is 4.79 Å². The molecule has 0 aliphatic carbocycles. The van der Waals surface area contributed by atoms with Crippen LogP contribution in [0.1, 0.15) is 59.9 Å². The maximum atomic E-state index is 13.9. The second kappa shape index (κ2) is 10.1. The molecule has 3 aromatic carbocycles.